The van der Waals surface area contributed by atoms with Gasteiger partial charge in [-0.3, -0.25) is 0 Å². The zero-order chi connectivity index (χ0) is 57.2. The van der Waals surface area contributed by atoms with Crippen LogP contribution >= 0.6 is 23.5 Å². The van der Waals surface area contributed by atoms with E-state index in [4.69, 9.17) is 0 Å². The molecular formula is C78H96O2S2. The second-order valence-electron chi connectivity index (χ2n) is 31.4. The molecule has 2 N–H and O–H groups in total. The molecular weight excluding hydrogens is 1030 g/mol. The molecule has 9 saturated carbocycles. The maximum absolute atomic E-state index is 13.2. The van der Waals surface area contributed by atoms with E-state index in [0.717, 1.165) is 61.2 Å². The van der Waals surface area contributed by atoms with Crippen LogP contribution in [-0.2, 0) is 54.8 Å². The van der Waals surface area contributed by atoms with Gasteiger partial charge in [-0.25, -0.2) is 0 Å². The Morgan fingerprint density at radius 1 is 0.378 bits per heavy atom. The number of hydrogen-bond donors (Lipinski definition) is 2. The smallest absolute Gasteiger partial charge is 0.123 e. The van der Waals surface area contributed by atoms with E-state index in [9.17, 15) is 10.2 Å². The molecule has 82 heavy (non-hydrogen) atoms. The summed E-state index contributed by atoms with van der Waals surface area (Å²) in [5.74, 6) is 4.04. The molecule has 0 saturated heterocycles. The summed E-state index contributed by atoms with van der Waals surface area (Å²) >= 11 is 4.27. The SMILES string of the molecule is Cc1ccc(C23CC4CC(c5ccc(C)cc5)(C2)CC(c2cc(C(C)(C)C)cc(CS[C@H]5CCCCCC[C@@H]5SCc5cc(C(C)(C)C)cc(C67CC8CC(c9ccc(C)cc9)(CC(c9ccc(C)cc9)(C8)C6)C7)c5O)c2O)(C4)C3)cc1. The first-order valence-electron chi connectivity index (χ1n) is 32.3. The number of aryl methyl sites for hydroxylation is 4. The third-order valence-corrected chi connectivity index (χ3v) is 26.2. The zero-order valence-corrected chi connectivity index (χ0v) is 53.3. The van der Waals surface area contributed by atoms with Crippen molar-refractivity contribution in [2.75, 3.05) is 0 Å². The number of phenols is 2. The Balaban J connectivity index is 0.830. The molecule has 6 aromatic rings. The molecule has 2 nitrogen and oxygen atoms in total. The third kappa shape index (κ3) is 10.1. The second-order valence-corrected chi connectivity index (χ2v) is 33.9. The highest BCUT2D eigenvalue weighted by atomic mass is 32.2. The summed E-state index contributed by atoms with van der Waals surface area (Å²) in [4.78, 5) is 0. The van der Waals surface area contributed by atoms with Gasteiger partial charge in [0.15, 0.2) is 0 Å². The van der Waals surface area contributed by atoms with Gasteiger partial charge in [0.05, 0.1) is 0 Å². The molecule has 6 atom stereocenters. The molecule has 8 bridgehead atoms. The van der Waals surface area contributed by atoms with E-state index in [0.29, 0.717) is 33.8 Å². The van der Waals surface area contributed by atoms with Crippen molar-refractivity contribution in [1.29, 1.82) is 0 Å². The molecule has 6 aromatic carbocycles. The van der Waals surface area contributed by atoms with Gasteiger partial charge in [0, 0.05) is 55.1 Å². The standard InChI is InChI=1S/C78H96O2S2/c1-51-17-25-59(26-18-51)73-37-55-38-74(45-73,60-27-19-52(2)20-28-60)48-77(41-55,47-73)65-35-63(71(5,6)7)33-57(69(65)79)43-81-67-15-13-11-12-14-16-68(67)82-44-58-34-64(72(8,9)10)36-66(70(58)80)78-42-56-39-75(49-78,61-29-21-53(3)22-30-61)46-76(40-56,50-78)62-31-23-54(4)24-32-62/h17-36,55-56,67-68,79-80H,11-16,37-50H2,1-10H3/t55?,56?,67-,68-,73?,74?,75?,76?,77?,78?/m0/s1. The quantitative estimate of drug-likeness (QED) is 0.128. The topological polar surface area (TPSA) is 40.5 Å². The second kappa shape index (κ2) is 20.7. The van der Waals surface area contributed by atoms with E-state index in [2.05, 4.69) is 214 Å². The van der Waals surface area contributed by atoms with E-state index in [1.54, 1.807) is 0 Å². The van der Waals surface area contributed by atoms with Gasteiger partial charge in [0.1, 0.15) is 11.5 Å². The Hall–Kier alpha value is -4.38. The van der Waals surface area contributed by atoms with Crippen molar-refractivity contribution in [3.8, 4) is 11.5 Å². The summed E-state index contributed by atoms with van der Waals surface area (Å²) in [7, 11) is 0. The van der Waals surface area contributed by atoms with E-state index in [-0.39, 0.29) is 43.3 Å². The lowest BCUT2D eigenvalue weighted by atomic mass is 9.36. The minimum absolute atomic E-state index is 0.0623. The summed E-state index contributed by atoms with van der Waals surface area (Å²) in [6, 6.07) is 48.3. The average Bonchev–Trinajstić information content (AvgIpc) is 1.03. The van der Waals surface area contributed by atoms with Crippen molar-refractivity contribution in [3.63, 3.8) is 0 Å². The van der Waals surface area contributed by atoms with Gasteiger partial charge in [0.2, 0.25) is 0 Å². The first-order valence-corrected chi connectivity index (χ1v) is 34.4. The molecule has 4 unspecified atom stereocenters. The predicted molar refractivity (Wildman–Crippen MR) is 349 cm³/mol. The molecule has 0 radical (unpaired) electrons. The maximum atomic E-state index is 13.2. The number of aromatic hydroxyl groups is 2. The van der Waals surface area contributed by atoms with Crippen molar-refractivity contribution < 1.29 is 10.2 Å². The largest absolute Gasteiger partial charge is 0.507 e. The average molecular weight is 1130 g/mol. The van der Waals surface area contributed by atoms with Gasteiger partial charge < -0.3 is 10.2 Å². The maximum Gasteiger partial charge on any atom is 0.123 e. The van der Waals surface area contributed by atoms with E-state index >= 15 is 0 Å². The Labute approximate surface area is 503 Å². The van der Waals surface area contributed by atoms with Crippen LogP contribution < -0.4 is 0 Å². The Morgan fingerprint density at radius 2 is 0.646 bits per heavy atom. The fourth-order valence-electron chi connectivity index (χ4n) is 19.9. The van der Waals surface area contributed by atoms with E-state index in [1.165, 1.54) is 144 Å². The van der Waals surface area contributed by atoms with Crippen LogP contribution in [0.25, 0.3) is 0 Å². The fourth-order valence-corrected chi connectivity index (χ4v) is 22.9. The first-order chi connectivity index (χ1) is 39.0. The van der Waals surface area contributed by atoms with Gasteiger partial charge >= 0.3 is 0 Å². The highest BCUT2D eigenvalue weighted by Gasteiger charge is 2.67. The number of rotatable bonds is 12. The molecule has 432 valence electrons. The molecule has 15 rings (SSSR count). The summed E-state index contributed by atoms with van der Waals surface area (Å²) < 4.78 is 0. The van der Waals surface area contributed by atoms with Crippen molar-refractivity contribution in [3.05, 3.63) is 199 Å². The summed E-state index contributed by atoms with van der Waals surface area (Å²) in [6.45, 7) is 23.2. The van der Waals surface area contributed by atoms with Crippen molar-refractivity contribution in [1.82, 2.24) is 0 Å². The van der Waals surface area contributed by atoms with Crippen LogP contribution in [0.4, 0.5) is 0 Å². The van der Waals surface area contributed by atoms with Crippen LogP contribution in [0.5, 0.6) is 11.5 Å². The minimum atomic E-state index is -0.111. The molecule has 0 amide bonds. The number of phenolic OH excluding ortho intramolecular Hbond substituents is 2. The molecule has 0 aliphatic heterocycles. The molecule has 0 spiro atoms. The predicted octanol–water partition coefficient (Wildman–Crippen LogP) is 20.4. The van der Waals surface area contributed by atoms with Gasteiger partial charge in [-0.1, -0.05) is 211 Å². The lowest BCUT2D eigenvalue weighted by Gasteiger charge is -2.67. The molecule has 9 fully saturated rings. The third-order valence-electron chi connectivity index (χ3n) is 23.1. The molecule has 0 aromatic heterocycles. The van der Waals surface area contributed by atoms with Crippen LogP contribution in [0, 0.1) is 39.5 Å². The minimum Gasteiger partial charge on any atom is -0.507 e. The van der Waals surface area contributed by atoms with Gasteiger partial charge in [0.25, 0.3) is 0 Å². The Bertz CT molecular complexity index is 2990. The van der Waals surface area contributed by atoms with E-state index in [1.807, 2.05) is 0 Å². The molecule has 9 aliphatic rings. The highest BCUT2D eigenvalue weighted by molar-refractivity contribution is 8.03. The van der Waals surface area contributed by atoms with Crippen LogP contribution in [0.15, 0.2) is 121 Å². The number of thioether (sulfide) groups is 2. The monoisotopic (exact) mass is 1130 g/mol. The fraction of sp³-hybridized carbons (Fsp3) is 0.538. The van der Waals surface area contributed by atoms with E-state index < -0.39 is 0 Å². The molecule has 0 heterocycles. The Morgan fingerprint density at radius 3 is 0.927 bits per heavy atom. The normalized spacial score (nSPS) is 32.2. The van der Waals surface area contributed by atoms with Crippen LogP contribution in [0.3, 0.4) is 0 Å². The number of benzene rings is 6. The summed E-state index contributed by atoms with van der Waals surface area (Å²) in [5.41, 5.74) is 18.8. The summed E-state index contributed by atoms with van der Waals surface area (Å²) in [5, 5.41) is 27.4. The number of hydrogen-bond acceptors (Lipinski definition) is 4. The van der Waals surface area contributed by atoms with Crippen LogP contribution in [0.2, 0.25) is 0 Å². The molecule has 9 aliphatic carbocycles. The van der Waals surface area contributed by atoms with Gasteiger partial charge in [-0.2, -0.15) is 23.5 Å². The lowest BCUT2D eigenvalue weighted by molar-refractivity contribution is -0.0503. The Kier molecular flexibility index (Phi) is 14.3. The zero-order valence-electron chi connectivity index (χ0n) is 51.7. The van der Waals surface area contributed by atoms with Crippen molar-refractivity contribution in [2.24, 2.45) is 11.8 Å². The van der Waals surface area contributed by atoms with Crippen molar-refractivity contribution in [2.45, 2.75) is 250 Å². The summed E-state index contributed by atoms with van der Waals surface area (Å²) in [6.07, 6.45) is 21.6. The first kappa shape index (κ1) is 56.7. The van der Waals surface area contributed by atoms with Gasteiger partial charge in [-0.05, 0) is 195 Å². The highest BCUT2D eigenvalue weighted by Crippen LogP contribution is 2.73. The van der Waals surface area contributed by atoms with Gasteiger partial charge in [-0.15, -0.1) is 0 Å². The molecule has 4 heteroatoms. The lowest BCUT2D eigenvalue weighted by Crippen LogP contribution is -2.62. The van der Waals surface area contributed by atoms with Crippen LogP contribution in [0.1, 0.15) is 235 Å². The van der Waals surface area contributed by atoms with Crippen molar-refractivity contribution >= 4 is 23.5 Å². The van der Waals surface area contributed by atoms with Crippen LogP contribution in [-0.4, -0.2) is 20.7 Å².